The molecule has 1 fully saturated rings. The Bertz CT molecular complexity index is 1150. The molecule has 0 radical (unpaired) electrons. The molecular formula is C50H88O11. The standard InChI is InChI=1S/C50H88O11/c1-3-5-7-9-11-13-15-17-19-21-22-23-25-26-28-30-32-34-36-38-43(51)58-40-42(41-59-50-47(55)45(53)46(54)48(61-50)49(56)57)60-44(52)39-37-35-33-31-29-27-24-20-18-16-14-12-10-8-6-4-2/h11,13,17,19,22-23,42,45-48,50,53-55H,3-10,12,14-16,18,20-21,24-41H2,1-2H3,(H,56,57)/b13-11-,19-17-,23-22-. The Labute approximate surface area is 370 Å². The van der Waals surface area contributed by atoms with Gasteiger partial charge in [-0.15, -0.1) is 0 Å². The van der Waals surface area contributed by atoms with Crippen LogP contribution in [0.1, 0.15) is 213 Å². The molecule has 0 aromatic carbocycles. The molecule has 11 nitrogen and oxygen atoms in total. The van der Waals surface area contributed by atoms with Gasteiger partial charge in [-0.3, -0.25) is 9.59 Å². The van der Waals surface area contributed by atoms with Crippen molar-refractivity contribution in [3.8, 4) is 0 Å². The molecule has 61 heavy (non-hydrogen) atoms. The molecule has 11 heteroatoms. The number of hydrogen-bond donors (Lipinski definition) is 4. The molecular weight excluding hydrogens is 777 g/mol. The van der Waals surface area contributed by atoms with E-state index in [9.17, 15) is 34.8 Å². The van der Waals surface area contributed by atoms with Crippen LogP contribution in [0.15, 0.2) is 36.5 Å². The number of carboxylic acid groups (broad SMARTS) is 1. The van der Waals surface area contributed by atoms with Gasteiger partial charge in [0.1, 0.15) is 24.9 Å². The number of carboxylic acids is 1. The molecule has 0 aliphatic carbocycles. The highest BCUT2D eigenvalue weighted by Gasteiger charge is 2.47. The lowest BCUT2D eigenvalue weighted by molar-refractivity contribution is -0.298. The maximum absolute atomic E-state index is 12.8. The topological polar surface area (TPSA) is 169 Å². The Balaban J connectivity index is 2.33. The third kappa shape index (κ3) is 31.9. The quantitative estimate of drug-likeness (QED) is 0.0262. The molecule has 1 rings (SSSR count). The van der Waals surface area contributed by atoms with Crippen LogP contribution in [0.5, 0.6) is 0 Å². The van der Waals surface area contributed by atoms with Gasteiger partial charge < -0.3 is 39.4 Å². The maximum atomic E-state index is 12.8. The number of ether oxygens (including phenoxy) is 4. The Morgan fingerprint density at radius 3 is 1.41 bits per heavy atom. The van der Waals surface area contributed by atoms with E-state index in [2.05, 4.69) is 50.3 Å². The molecule has 0 bridgehead atoms. The molecule has 354 valence electrons. The van der Waals surface area contributed by atoms with Crippen LogP contribution in [0.3, 0.4) is 0 Å². The molecule has 6 unspecified atom stereocenters. The normalized spacial score (nSPS) is 19.9. The Morgan fingerprint density at radius 2 is 0.918 bits per heavy atom. The molecule has 1 saturated heterocycles. The molecule has 1 aliphatic rings. The lowest BCUT2D eigenvalue weighted by Gasteiger charge is -2.38. The van der Waals surface area contributed by atoms with Gasteiger partial charge in [-0.2, -0.15) is 0 Å². The highest BCUT2D eigenvalue weighted by Crippen LogP contribution is 2.23. The van der Waals surface area contributed by atoms with Gasteiger partial charge in [-0.25, -0.2) is 4.79 Å². The Kier molecular flexibility index (Phi) is 37.2. The second-order valence-electron chi connectivity index (χ2n) is 17.0. The number of carbonyl (C=O) groups excluding carboxylic acids is 2. The maximum Gasteiger partial charge on any atom is 0.335 e. The van der Waals surface area contributed by atoms with Crippen molar-refractivity contribution < 1.29 is 53.8 Å². The van der Waals surface area contributed by atoms with Gasteiger partial charge in [-0.05, 0) is 51.4 Å². The van der Waals surface area contributed by atoms with Gasteiger partial charge in [-0.1, -0.05) is 185 Å². The van der Waals surface area contributed by atoms with Crippen molar-refractivity contribution in [3.05, 3.63) is 36.5 Å². The van der Waals surface area contributed by atoms with Crippen LogP contribution < -0.4 is 0 Å². The van der Waals surface area contributed by atoms with Crippen molar-refractivity contribution in [2.75, 3.05) is 13.2 Å². The first-order valence-electron chi connectivity index (χ1n) is 24.5. The van der Waals surface area contributed by atoms with Crippen molar-refractivity contribution in [2.24, 2.45) is 0 Å². The van der Waals surface area contributed by atoms with E-state index in [4.69, 9.17) is 18.9 Å². The smallest absolute Gasteiger partial charge is 0.335 e. The van der Waals surface area contributed by atoms with E-state index in [-0.39, 0.29) is 19.4 Å². The molecule has 0 aromatic rings. The fraction of sp³-hybridized carbons (Fsp3) is 0.820. The van der Waals surface area contributed by atoms with Crippen LogP contribution in [0, 0.1) is 0 Å². The molecule has 1 heterocycles. The zero-order valence-electron chi connectivity index (χ0n) is 38.4. The number of esters is 2. The summed E-state index contributed by atoms with van der Waals surface area (Å²) >= 11 is 0. The fourth-order valence-electron chi connectivity index (χ4n) is 7.36. The highest BCUT2D eigenvalue weighted by molar-refractivity contribution is 5.73. The van der Waals surface area contributed by atoms with Crippen molar-refractivity contribution in [1.29, 1.82) is 0 Å². The van der Waals surface area contributed by atoms with Gasteiger partial charge >= 0.3 is 17.9 Å². The van der Waals surface area contributed by atoms with Gasteiger partial charge in [0.05, 0.1) is 6.61 Å². The van der Waals surface area contributed by atoms with E-state index in [0.29, 0.717) is 12.8 Å². The molecule has 1 aliphatic heterocycles. The zero-order valence-corrected chi connectivity index (χ0v) is 38.4. The van der Waals surface area contributed by atoms with Gasteiger partial charge in [0, 0.05) is 12.8 Å². The minimum absolute atomic E-state index is 0.183. The van der Waals surface area contributed by atoms with Gasteiger partial charge in [0.2, 0.25) is 0 Å². The lowest BCUT2D eigenvalue weighted by atomic mass is 9.99. The van der Waals surface area contributed by atoms with Crippen molar-refractivity contribution in [2.45, 2.75) is 250 Å². The first-order chi connectivity index (χ1) is 29.7. The molecule has 0 amide bonds. The van der Waals surface area contributed by atoms with E-state index in [1.165, 1.54) is 103 Å². The molecule has 0 saturated carbocycles. The summed E-state index contributed by atoms with van der Waals surface area (Å²) in [4.78, 5) is 36.9. The number of aliphatic hydroxyl groups excluding tert-OH is 3. The largest absolute Gasteiger partial charge is 0.479 e. The average molecular weight is 865 g/mol. The lowest BCUT2D eigenvalue weighted by Crippen LogP contribution is -2.60. The second kappa shape index (κ2) is 40.2. The minimum atomic E-state index is -1.86. The fourth-order valence-corrected chi connectivity index (χ4v) is 7.36. The number of aliphatic hydroxyl groups is 3. The summed E-state index contributed by atoms with van der Waals surface area (Å²) in [6.45, 7) is 3.80. The van der Waals surface area contributed by atoms with E-state index in [1.807, 2.05) is 0 Å². The summed E-state index contributed by atoms with van der Waals surface area (Å²) in [5.74, 6) is -2.45. The average Bonchev–Trinajstić information content (AvgIpc) is 3.24. The third-order valence-corrected chi connectivity index (χ3v) is 11.2. The molecule has 0 spiro atoms. The van der Waals surface area contributed by atoms with Crippen LogP contribution in [0.4, 0.5) is 0 Å². The summed E-state index contributed by atoms with van der Waals surface area (Å²) in [5, 5.41) is 39.9. The SMILES string of the molecule is CCCCC/C=C\C/C=C\C/C=C\CCCCCCCCC(=O)OCC(COC1OC(C(=O)O)C(O)C(O)C1O)OC(=O)CCCCCCCCCCCCCCCCCC. The van der Waals surface area contributed by atoms with Crippen LogP contribution in [-0.2, 0) is 33.3 Å². The summed E-state index contributed by atoms with van der Waals surface area (Å²) in [6.07, 6.45) is 37.6. The Hall–Kier alpha value is -2.57. The van der Waals surface area contributed by atoms with E-state index < -0.39 is 61.3 Å². The first kappa shape index (κ1) is 56.4. The van der Waals surface area contributed by atoms with Gasteiger partial charge in [0.15, 0.2) is 18.5 Å². The zero-order chi connectivity index (χ0) is 44.6. The first-order valence-corrected chi connectivity index (χ1v) is 24.5. The number of rotatable bonds is 41. The van der Waals surface area contributed by atoms with E-state index in [0.717, 1.165) is 70.6 Å². The Morgan fingerprint density at radius 1 is 0.508 bits per heavy atom. The number of unbranched alkanes of at least 4 members (excludes halogenated alkanes) is 24. The summed E-state index contributed by atoms with van der Waals surface area (Å²) < 4.78 is 21.8. The monoisotopic (exact) mass is 865 g/mol. The summed E-state index contributed by atoms with van der Waals surface area (Å²) in [6, 6.07) is 0. The van der Waals surface area contributed by atoms with Crippen molar-refractivity contribution in [1.82, 2.24) is 0 Å². The number of hydrogen-bond acceptors (Lipinski definition) is 10. The number of allylic oxidation sites excluding steroid dienone is 6. The van der Waals surface area contributed by atoms with Crippen molar-refractivity contribution >= 4 is 17.9 Å². The molecule has 6 atom stereocenters. The molecule has 0 aromatic heterocycles. The van der Waals surface area contributed by atoms with E-state index >= 15 is 0 Å². The van der Waals surface area contributed by atoms with Crippen LogP contribution in [-0.4, -0.2) is 88.4 Å². The third-order valence-electron chi connectivity index (χ3n) is 11.2. The minimum Gasteiger partial charge on any atom is -0.479 e. The number of aliphatic carboxylic acids is 1. The van der Waals surface area contributed by atoms with Gasteiger partial charge in [0.25, 0.3) is 0 Å². The number of carbonyl (C=O) groups is 3. The molecule has 4 N–H and O–H groups in total. The summed E-state index contributed by atoms with van der Waals surface area (Å²) in [7, 11) is 0. The predicted molar refractivity (Wildman–Crippen MR) is 243 cm³/mol. The highest BCUT2D eigenvalue weighted by atomic mass is 16.7. The van der Waals surface area contributed by atoms with Crippen LogP contribution in [0.25, 0.3) is 0 Å². The van der Waals surface area contributed by atoms with E-state index in [1.54, 1.807) is 0 Å². The predicted octanol–water partition coefficient (Wildman–Crippen LogP) is 11.2. The summed E-state index contributed by atoms with van der Waals surface area (Å²) in [5.41, 5.74) is 0. The van der Waals surface area contributed by atoms with Crippen LogP contribution >= 0.6 is 0 Å². The second-order valence-corrected chi connectivity index (χ2v) is 17.0. The van der Waals surface area contributed by atoms with Crippen molar-refractivity contribution in [3.63, 3.8) is 0 Å². The van der Waals surface area contributed by atoms with Crippen LogP contribution in [0.2, 0.25) is 0 Å².